The maximum atomic E-state index is 12.6. The van der Waals surface area contributed by atoms with E-state index in [9.17, 15) is 4.79 Å². The molecule has 7 nitrogen and oxygen atoms in total. The highest BCUT2D eigenvalue weighted by atomic mass is 32.1. The van der Waals surface area contributed by atoms with Crippen LogP contribution in [0.25, 0.3) is 10.2 Å². The summed E-state index contributed by atoms with van der Waals surface area (Å²) in [5, 5.41) is 7.30. The SMILES string of the molecule is Cc1c(C(=O)NCc2ccco2)sc2ncnc(NCCN3CCCCC3)c12. The van der Waals surface area contributed by atoms with Gasteiger partial charge in [-0.2, -0.15) is 0 Å². The van der Waals surface area contributed by atoms with Crippen LogP contribution in [-0.4, -0.2) is 47.0 Å². The number of anilines is 1. The number of thiophene rings is 1. The molecule has 4 heterocycles. The first kappa shape index (κ1) is 18.9. The number of hydrogen-bond donors (Lipinski definition) is 2. The highest BCUT2D eigenvalue weighted by Gasteiger charge is 2.19. The van der Waals surface area contributed by atoms with Crippen molar-refractivity contribution in [2.24, 2.45) is 0 Å². The molecule has 1 fully saturated rings. The lowest BCUT2D eigenvalue weighted by Crippen LogP contribution is -2.33. The summed E-state index contributed by atoms with van der Waals surface area (Å²) in [6.07, 6.45) is 7.08. The minimum atomic E-state index is -0.115. The van der Waals surface area contributed by atoms with E-state index in [2.05, 4.69) is 25.5 Å². The Morgan fingerprint density at radius 1 is 1.29 bits per heavy atom. The number of aromatic nitrogens is 2. The molecule has 1 aliphatic heterocycles. The van der Waals surface area contributed by atoms with Crippen LogP contribution in [0.3, 0.4) is 0 Å². The number of carbonyl (C=O) groups is 1. The predicted octanol–water partition coefficient (Wildman–Crippen LogP) is 3.42. The van der Waals surface area contributed by atoms with Gasteiger partial charge in [0.1, 0.15) is 22.7 Å². The van der Waals surface area contributed by atoms with Gasteiger partial charge in [0.25, 0.3) is 5.91 Å². The van der Waals surface area contributed by atoms with Crippen LogP contribution in [0.1, 0.15) is 40.3 Å². The van der Waals surface area contributed by atoms with E-state index in [1.54, 1.807) is 12.6 Å². The number of hydrogen-bond acceptors (Lipinski definition) is 7. The zero-order valence-corrected chi connectivity index (χ0v) is 16.8. The molecule has 0 atom stereocenters. The number of nitrogens with one attached hydrogen (secondary N) is 2. The second kappa shape index (κ2) is 8.70. The molecule has 4 rings (SSSR count). The lowest BCUT2D eigenvalue weighted by atomic mass is 10.1. The predicted molar refractivity (Wildman–Crippen MR) is 111 cm³/mol. The number of furan rings is 1. The van der Waals surface area contributed by atoms with E-state index in [0.717, 1.165) is 40.4 Å². The molecule has 148 valence electrons. The lowest BCUT2D eigenvalue weighted by Gasteiger charge is -2.26. The first-order valence-electron chi connectivity index (χ1n) is 9.73. The molecular weight excluding hydrogens is 374 g/mol. The quantitative estimate of drug-likeness (QED) is 0.633. The van der Waals surface area contributed by atoms with Crippen LogP contribution in [0.2, 0.25) is 0 Å². The lowest BCUT2D eigenvalue weighted by molar-refractivity contribution is 0.0951. The molecule has 0 unspecified atom stereocenters. The first-order chi connectivity index (χ1) is 13.7. The zero-order chi connectivity index (χ0) is 19.3. The van der Waals surface area contributed by atoms with Gasteiger partial charge in [-0.25, -0.2) is 9.97 Å². The van der Waals surface area contributed by atoms with Gasteiger partial charge in [-0.05, 0) is 50.6 Å². The second-order valence-corrected chi connectivity index (χ2v) is 8.05. The molecule has 0 aromatic carbocycles. The Balaban J connectivity index is 1.45. The van der Waals surface area contributed by atoms with E-state index in [-0.39, 0.29) is 5.91 Å². The van der Waals surface area contributed by atoms with E-state index < -0.39 is 0 Å². The van der Waals surface area contributed by atoms with Gasteiger partial charge in [0.15, 0.2) is 0 Å². The molecule has 8 heteroatoms. The van der Waals surface area contributed by atoms with Crippen molar-refractivity contribution >= 4 is 33.3 Å². The Morgan fingerprint density at radius 3 is 2.93 bits per heavy atom. The largest absolute Gasteiger partial charge is 0.467 e. The van der Waals surface area contributed by atoms with Crippen molar-refractivity contribution in [2.75, 3.05) is 31.5 Å². The van der Waals surface area contributed by atoms with Crippen LogP contribution in [0, 0.1) is 6.92 Å². The molecule has 2 N–H and O–H groups in total. The number of aryl methyl sites for hydroxylation is 1. The fourth-order valence-electron chi connectivity index (χ4n) is 3.60. The van der Waals surface area contributed by atoms with E-state index in [0.29, 0.717) is 11.4 Å². The van der Waals surface area contributed by atoms with Crippen molar-refractivity contribution in [3.8, 4) is 0 Å². The van der Waals surface area contributed by atoms with Crippen molar-refractivity contribution in [3.63, 3.8) is 0 Å². The summed E-state index contributed by atoms with van der Waals surface area (Å²) in [7, 11) is 0. The fraction of sp³-hybridized carbons (Fsp3) is 0.450. The normalized spacial score (nSPS) is 15.0. The first-order valence-corrected chi connectivity index (χ1v) is 10.5. The standard InChI is InChI=1S/C20H25N5O2S/c1-14-16-18(21-7-10-25-8-3-2-4-9-25)23-13-24-20(16)28-17(14)19(26)22-12-15-6-5-11-27-15/h5-6,11,13H,2-4,7-10,12H2,1H3,(H,22,26)(H,21,23,24). The molecule has 0 radical (unpaired) electrons. The van der Waals surface area contributed by atoms with Crippen LogP contribution in [0.15, 0.2) is 29.1 Å². The third-order valence-corrected chi connectivity index (χ3v) is 6.30. The molecule has 0 aliphatic carbocycles. The molecule has 3 aromatic heterocycles. The van der Waals surface area contributed by atoms with E-state index in [1.807, 2.05) is 19.1 Å². The monoisotopic (exact) mass is 399 g/mol. The molecule has 0 saturated carbocycles. The van der Waals surface area contributed by atoms with E-state index in [4.69, 9.17) is 4.42 Å². The van der Waals surface area contributed by atoms with Gasteiger partial charge >= 0.3 is 0 Å². The van der Waals surface area contributed by atoms with Crippen LogP contribution in [-0.2, 0) is 6.54 Å². The summed E-state index contributed by atoms with van der Waals surface area (Å²) >= 11 is 1.40. The van der Waals surface area contributed by atoms with Crippen molar-refractivity contribution < 1.29 is 9.21 Å². The molecule has 1 saturated heterocycles. The number of piperidine rings is 1. The smallest absolute Gasteiger partial charge is 0.262 e. The summed E-state index contributed by atoms with van der Waals surface area (Å²) in [5.41, 5.74) is 0.915. The van der Waals surface area contributed by atoms with Crippen molar-refractivity contribution in [1.82, 2.24) is 20.2 Å². The third kappa shape index (κ3) is 4.18. The highest BCUT2D eigenvalue weighted by Crippen LogP contribution is 2.33. The number of nitrogens with zero attached hydrogens (tertiary/aromatic N) is 3. The van der Waals surface area contributed by atoms with E-state index >= 15 is 0 Å². The van der Waals surface area contributed by atoms with Gasteiger partial charge in [0, 0.05) is 13.1 Å². The molecule has 3 aromatic rings. The Morgan fingerprint density at radius 2 is 2.14 bits per heavy atom. The van der Waals surface area contributed by atoms with Gasteiger partial charge in [-0.3, -0.25) is 4.79 Å². The minimum Gasteiger partial charge on any atom is -0.467 e. The summed E-state index contributed by atoms with van der Waals surface area (Å²) in [5.74, 6) is 1.42. The number of amides is 1. The Kier molecular flexibility index (Phi) is 5.87. The van der Waals surface area contributed by atoms with Crippen LogP contribution < -0.4 is 10.6 Å². The summed E-state index contributed by atoms with van der Waals surface area (Å²) in [4.78, 5) is 25.4. The number of likely N-dealkylation sites (tertiary alicyclic amines) is 1. The molecule has 1 amide bonds. The summed E-state index contributed by atoms with van der Waals surface area (Å²) < 4.78 is 5.27. The Hall–Kier alpha value is -2.45. The van der Waals surface area contributed by atoms with Gasteiger partial charge in [0.05, 0.1) is 23.1 Å². The topological polar surface area (TPSA) is 83.3 Å². The van der Waals surface area contributed by atoms with Crippen molar-refractivity contribution in [1.29, 1.82) is 0 Å². The Bertz CT molecular complexity index is 932. The average Bonchev–Trinajstić information content (AvgIpc) is 3.35. The highest BCUT2D eigenvalue weighted by molar-refractivity contribution is 7.20. The number of fused-ring (bicyclic) bond motifs is 1. The van der Waals surface area contributed by atoms with Crippen LogP contribution in [0.5, 0.6) is 0 Å². The second-order valence-electron chi connectivity index (χ2n) is 7.05. The van der Waals surface area contributed by atoms with Crippen LogP contribution in [0.4, 0.5) is 5.82 Å². The fourth-order valence-corrected chi connectivity index (χ4v) is 4.66. The van der Waals surface area contributed by atoms with Gasteiger partial charge in [-0.15, -0.1) is 11.3 Å². The molecule has 0 bridgehead atoms. The summed E-state index contributed by atoms with van der Waals surface area (Å²) in [6, 6.07) is 3.65. The minimum absolute atomic E-state index is 0.115. The van der Waals surface area contributed by atoms with Crippen molar-refractivity contribution in [2.45, 2.75) is 32.7 Å². The molecular formula is C20H25N5O2S. The summed E-state index contributed by atoms with van der Waals surface area (Å²) in [6.45, 7) is 6.52. The third-order valence-electron chi connectivity index (χ3n) is 5.11. The van der Waals surface area contributed by atoms with Gasteiger partial charge in [-0.1, -0.05) is 6.42 Å². The molecule has 1 aliphatic rings. The van der Waals surface area contributed by atoms with Crippen molar-refractivity contribution in [3.05, 3.63) is 40.9 Å². The molecule has 0 spiro atoms. The van der Waals surface area contributed by atoms with Gasteiger partial charge in [0.2, 0.25) is 0 Å². The number of rotatable bonds is 7. The maximum absolute atomic E-state index is 12.6. The van der Waals surface area contributed by atoms with Gasteiger partial charge < -0.3 is 20.0 Å². The number of carbonyl (C=O) groups excluding carboxylic acids is 1. The van der Waals surface area contributed by atoms with E-state index in [1.165, 1.54) is 43.7 Å². The van der Waals surface area contributed by atoms with Crippen LogP contribution >= 0.6 is 11.3 Å². The average molecular weight is 400 g/mol. The molecule has 28 heavy (non-hydrogen) atoms. The Labute approximate surface area is 168 Å². The maximum Gasteiger partial charge on any atom is 0.262 e. The zero-order valence-electron chi connectivity index (χ0n) is 16.0.